The zero-order chi connectivity index (χ0) is 16.8. The highest BCUT2D eigenvalue weighted by Gasteiger charge is 2.07. The highest BCUT2D eigenvalue weighted by Crippen LogP contribution is 2.19. The number of rotatable bonds is 12. The third-order valence-corrected chi connectivity index (χ3v) is 4.49. The molecule has 0 fully saturated rings. The summed E-state index contributed by atoms with van der Waals surface area (Å²) in [7, 11) is 1.79. The van der Waals surface area contributed by atoms with Crippen molar-refractivity contribution in [3.05, 3.63) is 22.4 Å². The van der Waals surface area contributed by atoms with Crippen LogP contribution in [0.25, 0.3) is 0 Å². The molecule has 132 valence electrons. The number of ether oxygens (including phenoxy) is 2. The summed E-state index contributed by atoms with van der Waals surface area (Å²) in [6.07, 6.45) is 2.29. The first-order valence-corrected chi connectivity index (χ1v) is 9.29. The van der Waals surface area contributed by atoms with Crippen LogP contribution in [0.2, 0.25) is 0 Å². The molecule has 0 radical (unpaired) electrons. The first kappa shape index (κ1) is 19.9. The number of nitrogens with one attached hydrogen (secondary N) is 2. The van der Waals surface area contributed by atoms with Gasteiger partial charge in [-0.25, -0.2) is 0 Å². The summed E-state index contributed by atoms with van der Waals surface area (Å²) < 4.78 is 11.0. The minimum Gasteiger partial charge on any atom is -0.379 e. The van der Waals surface area contributed by atoms with Crippen molar-refractivity contribution in [3.8, 4) is 0 Å². The summed E-state index contributed by atoms with van der Waals surface area (Å²) >= 11 is 1.79. The van der Waals surface area contributed by atoms with Crippen LogP contribution in [0.4, 0.5) is 0 Å². The van der Waals surface area contributed by atoms with Crippen LogP contribution in [0, 0.1) is 0 Å². The number of unbranched alkanes of at least 4 members (excludes halogenated alkanes) is 1. The highest BCUT2D eigenvalue weighted by molar-refractivity contribution is 7.10. The summed E-state index contributed by atoms with van der Waals surface area (Å²) in [5, 5.41) is 8.72. The third kappa shape index (κ3) is 9.58. The van der Waals surface area contributed by atoms with Crippen molar-refractivity contribution in [2.24, 2.45) is 4.99 Å². The molecule has 0 aliphatic rings. The summed E-state index contributed by atoms with van der Waals surface area (Å²) in [5.41, 5.74) is 0. The lowest BCUT2D eigenvalue weighted by molar-refractivity contribution is 0.0487. The number of hydrogen-bond donors (Lipinski definition) is 2. The molecule has 1 atom stereocenters. The fourth-order valence-electron chi connectivity index (χ4n) is 1.95. The van der Waals surface area contributed by atoms with E-state index >= 15 is 0 Å². The maximum absolute atomic E-state index is 5.52. The fourth-order valence-corrected chi connectivity index (χ4v) is 2.74. The minimum atomic E-state index is 0.477. The molecule has 0 spiro atoms. The van der Waals surface area contributed by atoms with Crippen LogP contribution < -0.4 is 10.6 Å². The molecule has 0 aromatic carbocycles. The topological polar surface area (TPSA) is 54.9 Å². The van der Waals surface area contributed by atoms with Crippen molar-refractivity contribution in [2.45, 2.75) is 32.6 Å². The first-order valence-electron chi connectivity index (χ1n) is 8.41. The van der Waals surface area contributed by atoms with E-state index < -0.39 is 0 Å². The predicted octanol–water partition coefficient (Wildman–Crippen LogP) is 2.85. The summed E-state index contributed by atoms with van der Waals surface area (Å²) in [6, 6.07) is 4.26. The lowest BCUT2D eigenvalue weighted by atomic mass is 10.1. The van der Waals surface area contributed by atoms with Gasteiger partial charge in [0.05, 0.1) is 19.8 Å². The first-order chi connectivity index (χ1) is 11.3. The van der Waals surface area contributed by atoms with Crippen LogP contribution in [-0.2, 0) is 9.47 Å². The Hall–Kier alpha value is -1.11. The van der Waals surface area contributed by atoms with Gasteiger partial charge in [0.1, 0.15) is 0 Å². The van der Waals surface area contributed by atoms with Gasteiger partial charge < -0.3 is 20.1 Å². The van der Waals surface area contributed by atoms with Gasteiger partial charge in [-0.05, 0) is 17.9 Å². The molecule has 0 bridgehead atoms. The largest absolute Gasteiger partial charge is 0.379 e. The van der Waals surface area contributed by atoms with Crippen LogP contribution in [0.1, 0.15) is 37.5 Å². The van der Waals surface area contributed by atoms with Gasteiger partial charge in [0.15, 0.2) is 5.96 Å². The highest BCUT2D eigenvalue weighted by atomic mass is 32.1. The molecule has 0 amide bonds. The zero-order valence-corrected chi connectivity index (χ0v) is 15.5. The Balaban J connectivity index is 2.01. The molecule has 2 N–H and O–H groups in total. The second kappa shape index (κ2) is 13.3. The van der Waals surface area contributed by atoms with E-state index in [0.29, 0.717) is 25.7 Å². The standard InChI is InChI=1S/C17H31N3O2S/c1-4-5-9-21-11-12-22-10-8-19-17(18-3)20-14-15(2)16-7-6-13-23-16/h6-7,13,15H,4-5,8-12,14H2,1-3H3,(H2,18,19,20). The van der Waals surface area contributed by atoms with Gasteiger partial charge in [0.2, 0.25) is 0 Å². The van der Waals surface area contributed by atoms with Crippen molar-refractivity contribution in [1.29, 1.82) is 0 Å². The predicted molar refractivity (Wildman–Crippen MR) is 98.6 cm³/mol. The van der Waals surface area contributed by atoms with E-state index in [1.165, 1.54) is 11.3 Å². The molecule has 0 aliphatic carbocycles. The lowest BCUT2D eigenvalue weighted by Crippen LogP contribution is -2.40. The van der Waals surface area contributed by atoms with E-state index in [9.17, 15) is 0 Å². The smallest absolute Gasteiger partial charge is 0.191 e. The zero-order valence-electron chi connectivity index (χ0n) is 14.6. The van der Waals surface area contributed by atoms with E-state index in [-0.39, 0.29) is 0 Å². The summed E-state index contributed by atoms with van der Waals surface area (Å²) in [6.45, 7) is 8.78. The SMILES string of the molecule is CCCCOCCOCCNC(=NC)NCC(C)c1cccs1. The maximum Gasteiger partial charge on any atom is 0.191 e. The maximum atomic E-state index is 5.52. The number of nitrogens with zero attached hydrogens (tertiary/aromatic N) is 1. The van der Waals surface area contributed by atoms with E-state index in [1.54, 1.807) is 18.4 Å². The van der Waals surface area contributed by atoms with E-state index in [4.69, 9.17) is 9.47 Å². The quantitative estimate of drug-likeness (QED) is 0.349. The van der Waals surface area contributed by atoms with Gasteiger partial charge in [-0.2, -0.15) is 0 Å². The minimum absolute atomic E-state index is 0.477. The molecule has 6 heteroatoms. The number of thiophene rings is 1. The second-order valence-corrected chi connectivity index (χ2v) is 6.35. The van der Waals surface area contributed by atoms with E-state index in [0.717, 1.165) is 32.1 Å². The van der Waals surface area contributed by atoms with E-state index in [1.807, 2.05) is 0 Å². The molecule has 1 unspecified atom stereocenters. The molecular weight excluding hydrogens is 310 g/mol. The summed E-state index contributed by atoms with van der Waals surface area (Å²) in [4.78, 5) is 5.61. The van der Waals surface area contributed by atoms with Gasteiger partial charge in [0, 0.05) is 37.5 Å². The Kier molecular flexibility index (Phi) is 11.6. The Bertz CT molecular complexity index is 410. The molecule has 0 saturated heterocycles. The average Bonchev–Trinajstić information content (AvgIpc) is 3.10. The third-order valence-electron chi connectivity index (χ3n) is 3.38. The van der Waals surface area contributed by atoms with Crippen LogP contribution in [0.3, 0.4) is 0 Å². The molecular formula is C17H31N3O2S. The van der Waals surface area contributed by atoms with Crippen LogP contribution in [0.5, 0.6) is 0 Å². The van der Waals surface area contributed by atoms with Gasteiger partial charge in [-0.1, -0.05) is 26.3 Å². The molecule has 1 rings (SSSR count). The molecule has 0 saturated carbocycles. The molecule has 23 heavy (non-hydrogen) atoms. The van der Waals surface area contributed by atoms with Gasteiger partial charge in [-0.3, -0.25) is 4.99 Å². The van der Waals surface area contributed by atoms with Gasteiger partial charge in [0.25, 0.3) is 0 Å². The number of guanidine groups is 1. The Morgan fingerprint density at radius 2 is 2.00 bits per heavy atom. The Morgan fingerprint density at radius 3 is 2.65 bits per heavy atom. The van der Waals surface area contributed by atoms with Crippen molar-refractivity contribution < 1.29 is 9.47 Å². The normalized spacial score (nSPS) is 13.1. The second-order valence-electron chi connectivity index (χ2n) is 5.37. The molecule has 5 nitrogen and oxygen atoms in total. The van der Waals surface area contributed by atoms with Crippen LogP contribution in [-0.4, -0.2) is 52.5 Å². The van der Waals surface area contributed by atoms with Crippen LogP contribution >= 0.6 is 11.3 Å². The molecule has 1 aromatic rings. The van der Waals surface area contributed by atoms with Crippen molar-refractivity contribution in [2.75, 3.05) is 46.6 Å². The van der Waals surface area contributed by atoms with Gasteiger partial charge in [-0.15, -0.1) is 11.3 Å². The Labute approximate surface area is 144 Å². The molecule has 1 aromatic heterocycles. The summed E-state index contributed by atoms with van der Waals surface area (Å²) in [5.74, 6) is 1.29. The molecule has 0 aliphatic heterocycles. The van der Waals surface area contributed by atoms with Crippen molar-refractivity contribution in [3.63, 3.8) is 0 Å². The Morgan fingerprint density at radius 1 is 1.22 bits per heavy atom. The lowest BCUT2D eigenvalue weighted by Gasteiger charge is -2.15. The van der Waals surface area contributed by atoms with Crippen molar-refractivity contribution >= 4 is 17.3 Å². The van der Waals surface area contributed by atoms with Crippen molar-refractivity contribution in [1.82, 2.24) is 10.6 Å². The van der Waals surface area contributed by atoms with Crippen LogP contribution in [0.15, 0.2) is 22.5 Å². The molecule has 1 heterocycles. The monoisotopic (exact) mass is 341 g/mol. The fraction of sp³-hybridized carbons (Fsp3) is 0.706. The average molecular weight is 342 g/mol. The van der Waals surface area contributed by atoms with E-state index in [2.05, 4.69) is 47.0 Å². The number of aliphatic imine (C=N–C) groups is 1. The number of hydrogen-bond acceptors (Lipinski definition) is 4. The van der Waals surface area contributed by atoms with Gasteiger partial charge >= 0.3 is 0 Å².